The van der Waals surface area contributed by atoms with E-state index in [1.54, 1.807) is 18.0 Å². The molecule has 1 saturated heterocycles. The summed E-state index contributed by atoms with van der Waals surface area (Å²) in [5.74, 6) is 0.130. The minimum atomic E-state index is -0.327. The van der Waals surface area contributed by atoms with E-state index < -0.39 is 0 Å². The average Bonchev–Trinajstić information content (AvgIpc) is 2.99. The Hall–Kier alpha value is -0.860. The van der Waals surface area contributed by atoms with Crippen LogP contribution in [0.4, 0.5) is 0 Å². The lowest BCUT2D eigenvalue weighted by molar-refractivity contribution is -0.136. The summed E-state index contributed by atoms with van der Waals surface area (Å²) < 4.78 is 6.91. The molecule has 2 rings (SSSR count). The molecule has 1 aromatic rings. The van der Waals surface area contributed by atoms with Gasteiger partial charge in [-0.15, -0.1) is 24.8 Å². The SMILES string of the molecule is CCC1CN(C(=O)C(NC)c2cnn(C)c2)CCN1CCOC.Cl.Cl. The van der Waals surface area contributed by atoms with Gasteiger partial charge in [0.25, 0.3) is 0 Å². The van der Waals surface area contributed by atoms with Gasteiger partial charge in [0.05, 0.1) is 12.8 Å². The molecule has 2 atom stereocenters. The number of nitrogens with zero attached hydrogens (tertiary/aromatic N) is 4. The first-order valence-electron chi connectivity index (χ1n) is 8.28. The molecular weight excluding hydrogens is 365 g/mol. The molecule has 0 bridgehead atoms. The van der Waals surface area contributed by atoms with Crippen LogP contribution in [0, 0.1) is 0 Å². The lowest BCUT2D eigenvalue weighted by Gasteiger charge is -2.42. The monoisotopic (exact) mass is 395 g/mol. The third-order valence-electron chi connectivity index (χ3n) is 4.56. The van der Waals surface area contributed by atoms with Gasteiger partial charge in [-0.1, -0.05) is 6.92 Å². The van der Waals surface area contributed by atoms with Gasteiger partial charge in [-0.05, 0) is 13.5 Å². The molecule has 25 heavy (non-hydrogen) atoms. The molecule has 0 aromatic carbocycles. The fourth-order valence-electron chi connectivity index (χ4n) is 3.19. The molecule has 7 nitrogen and oxygen atoms in total. The minimum absolute atomic E-state index is 0. The van der Waals surface area contributed by atoms with E-state index in [9.17, 15) is 4.79 Å². The van der Waals surface area contributed by atoms with Crippen LogP contribution < -0.4 is 5.32 Å². The van der Waals surface area contributed by atoms with Gasteiger partial charge >= 0.3 is 0 Å². The van der Waals surface area contributed by atoms with Crippen molar-refractivity contribution in [1.82, 2.24) is 24.9 Å². The van der Waals surface area contributed by atoms with Crippen molar-refractivity contribution in [3.8, 4) is 0 Å². The minimum Gasteiger partial charge on any atom is -0.383 e. The molecule has 0 spiro atoms. The van der Waals surface area contributed by atoms with Gasteiger partial charge in [-0.3, -0.25) is 14.4 Å². The van der Waals surface area contributed by atoms with Crippen LogP contribution in [-0.4, -0.2) is 78.5 Å². The van der Waals surface area contributed by atoms with E-state index in [-0.39, 0.29) is 36.8 Å². The number of carbonyl (C=O) groups is 1. The third-order valence-corrected chi connectivity index (χ3v) is 4.56. The Morgan fingerprint density at radius 1 is 1.44 bits per heavy atom. The lowest BCUT2D eigenvalue weighted by Crippen LogP contribution is -2.56. The van der Waals surface area contributed by atoms with Gasteiger partial charge in [0.15, 0.2) is 0 Å². The van der Waals surface area contributed by atoms with Crippen LogP contribution in [-0.2, 0) is 16.6 Å². The largest absolute Gasteiger partial charge is 0.383 e. The van der Waals surface area contributed by atoms with E-state index in [2.05, 4.69) is 22.2 Å². The molecule has 0 aliphatic carbocycles. The van der Waals surface area contributed by atoms with E-state index in [0.717, 1.165) is 44.8 Å². The zero-order valence-corrected chi connectivity index (χ0v) is 17.1. The van der Waals surface area contributed by atoms with E-state index in [0.29, 0.717) is 6.04 Å². The summed E-state index contributed by atoms with van der Waals surface area (Å²) in [5, 5.41) is 7.30. The van der Waals surface area contributed by atoms with Gasteiger partial charge < -0.3 is 15.0 Å². The molecule has 146 valence electrons. The van der Waals surface area contributed by atoms with Crippen molar-refractivity contribution in [2.24, 2.45) is 7.05 Å². The third kappa shape index (κ3) is 6.11. The van der Waals surface area contributed by atoms with Gasteiger partial charge in [0, 0.05) is 58.1 Å². The predicted molar refractivity (Wildman–Crippen MR) is 104 cm³/mol. The number of halogens is 2. The summed E-state index contributed by atoms with van der Waals surface area (Å²) in [5.41, 5.74) is 0.912. The molecule has 0 radical (unpaired) electrons. The first-order valence-corrected chi connectivity index (χ1v) is 8.28. The number of methoxy groups -OCH3 is 1. The number of aryl methyl sites for hydroxylation is 1. The van der Waals surface area contributed by atoms with Crippen molar-refractivity contribution >= 4 is 30.7 Å². The fourth-order valence-corrected chi connectivity index (χ4v) is 3.19. The number of nitrogens with one attached hydrogen (secondary N) is 1. The van der Waals surface area contributed by atoms with Crippen LogP contribution in [0.1, 0.15) is 24.9 Å². The zero-order chi connectivity index (χ0) is 16.8. The second-order valence-corrected chi connectivity index (χ2v) is 6.04. The highest BCUT2D eigenvalue weighted by atomic mass is 35.5. The number of likely N-dealkylation sites (N-methyl/N-ethyl adjacent to an activating group) is 1. The number of rotatable bonds is 7. The van der Waals surface area contributed by atoms with Crippen molar-refractivity contribution in [1.29, 1.82) is 0 Å². The van der Waals surface area contributed by atoms with Crippen LogP contribution in [0.25, 0.3) is 0 Å². The quantitative estimate of drug-likeness (QED) is 0.748. The summed E-state index contributed by atoms with van der Waals surface area (Å²) >= 11 is 0. The number of carbonyl (C=O) groups excluding carboxylic acids is 1. The Kier molecular flexibility index (Phi) is 11.3. The number of hydrogen-bond donors (Lipinski definition) is 1. The van der Waals surface area contributed by atoms with Crippen molar-refractivity contribution in [2.75, 3.05) is 46.9 Å². The number of hydrogen-bond acceptors (Lipinski definition) is 5. The molecule has 9 heteroatoms. The molecule has 2 heterocycles. The maximum atomic E-state index is 12.9. The molecular formula is C16H31Cl2N5O2. The van der Waals surface area contributed by atoms with Crippen molar-refractivity contribution < 1.29 is 9.53 Å². The lowest BCUT2D eigenvalue weighted by atomic mass is 10.1. The molecule has 0 saturated carbocycles. The first kappa shape index (κ1) is 24.1. The van der Waals surface area contributed by atoms with Gasteiger partial charge in [0.2, 0.25) is 5.91 Å². The normalized spacial score (nSPS) is 19.0. The predicted octanol–water partition coefficient (Wildman–Crippen LogP) is 1.09. The average molecular weight is 396 g/mol. The summed E-state index contributed by atoms with van der Waals surface area (Å²) in [6, 6.07) is 0.0704. The van der Waals surface area contributed by atoms with Crippen LogP contribution >= 0.6 is 24.8 Å². The molecule has 1 aliphatic heterocycles. The Bertz CT molecular complexity index is 514. The fraction of sp³-hybridized carbons (Fsp3) is 0.750. The van der Waals surface area contributed by atoms with Gasteiger partial charge in [-0.2, -0.15) is 5.10 Å². The van der Waals surface area contributed by atoms with Gasteiger partial charge in [-0.25, -0.2) is 0 Å². The Morgan fingerprint density at radius 3 is 2.68 bits per heavy atom. The number of amides is 1. The summed E-state index contributed by atoms with van der Waals surface area (Å²) in [6.45, 7) is 6.27. The van der Waals surface area contributed by atoms with E-state index >= 15 is 0 Å². The van der Waals surface area contributed by atoms with Crippen LogP contribution in [0.2, 0.25) is 0 Å². The molecule has 1 N–H and O–H groups in total. The van der Waals surface area contributed by atoms with Crippen LogP contribution in [0.5, 0.6) is 0 Å². The highest BCUT2D eigenvalue weighted by molar-refractivity contribution is 5.85. The number of piperazine rings is 1. The molecule has 1 amide bonds. The standard InChI is InChI=1S/C16H29N5O2.2ClH/c1-5-14-12-21(7-6-20(14)8-9-23-4)16(22)15(17-2)13-10-18-19(3)11-13;;/h10-11,14-15,17H,5-9,12H2,1-4H3;2*1H. The molecule has 1 aromatic heterocycles. The molecule has 2 unspecified atom stereocenters. The molecule has 1 aliphatic rings. The Balaban J connectivity index is 0.00000288. The highest BCUT2D eigenvalue weighted by Crippen LogP contribution is 2.19. The maximum Gasteiger partial charge on any atom is 0.244 e. The number of ether oxygens (including phenoxy) is 1. The zero-order valence-electron chi connectivity index (χ0n) is 15.5. The van der Waals surface area contributed by atoms with Crippen LogP contribution in [0.15, 0.2) is 12.4 Å². The summed E-state index contributed by atoms with van der Waals surface area (Å²) in [6.07, 6.45) is 4.68. The highest BCUT2D eigenvalue weighted by Gasteiger charge is 2.32. The van der Waals surface area contributed by atoms with E-state index in [1.165, 1.54) is 0 Å². The smallest absolute Gasteiger partial charge is 0.244 e. The topological polar surface area (TPSA) is 62.6 Å². The Labute approximate surface area is 162 Å². The Morgan fingerprint density at radius 2 is 2.16 bits per heavy atom. The van der Waals surface area contributed by atoms with Gasteiger partial charge in [0.1, 0.15) is 6.04 Å². The summed E-state index contributed by atoms with van der Waals surface area (Å²) in [7, 11) is 5.41. The van der Waals surface area contributed by atoms with Crippen LogP contribution in [0.3, 0.4) is 0 Å². The first-order chi connectivity index (χ1) is 11.1. The summed E-state index contributed by atoms with van der Waals surface area (Å²) in [4.78, 5) is 17.3. The molecule has 1 fully saturated rings. The van der Waals surface area contributed by atoms with Crippen molar-refractivity contribution in [2.45, 2.75) is 25.4 Å². The number of aromatic nitrogens is 2. The van der Waals surface area contributed by atoms with Crippen molar-refractivity contribution in [3.63, 3.8) is 0 Å². The van der Waals surface area contributed by atoms with E-state index in [4.69, 9.17) is 4.74 Å². The second kappa shape index (κ2) is 11.7. The van der Waals surface area contributed by atoms with E-state index in [1.807, 2.05) is 25.2 Å². The maximum absolute atomic E-state index is 12.9. The van der Waals surface area contributed by atoms with Crippen molar-refractivity contribution in [3.05, 3.63) is 18.0 Å². The second-order valence-electron chi connectivity index (χ2n) is 6.04.